The molecule has 28 heavy (non-hydrogen) atoms. The number of hydrogen-bond donors (Lipinski definition) is 1. The molecule has 1 aromatic rings. The summed E-state index contributed by atoms with van der Waals surface area (Å²) in [6, 6.07) is 8.12. The van der Waals surface area contributed by atoms with E-state index in [9.17, 15) is 4.79 Å². The quantitative estimate of drug-likeness (QED) is 0.377. The van der Waals surface area contributed by atoms with Gasteiger partial charge in [-0.15, -0.1) is 24.0 Å². The van der Waals surface area contributed by atoms with Crippen LogP contribution in [0.15, 0.2) is 29.3 Å². The SMILES string of the molecule is CN=C(NCC1CCCN1C)N1CCN(C(=O)Cc2cccc(Cl)c2)CC1.I. The average molecular weight is 520 g/mol. The van der Waals surface area contributed by atoms with Gasteiger partial charge in [0.1, 0.15) is 0 Å². The molecule has 2 aliphatic heterocycles. The van der Waals surface area contributed by atoms with E-state index in [1.165, 1.54) is 19.4 Å². The lowest BCUT2D eigenvalue weighted by Crippen LogP contribution is -2.55. The van der Waals surface area contributed by atoms with Gasteiger partial charge >= 0.3 is 0 Å². The number of rotatable bonds is 4. The molecule has 1 aromatic carbocycles. The summed E-state index contributed by atoms with van der Waals surface area (Å²) in [4.78, 5) is 23.6. The zero-order valence-corrected chi connectivity index (χ0v) is 19.8. The van der Waals surface area contributed by atoms with Gasteiger partial charge in [0.2, 0.25) is 5.91 Å². The van der Waals surface area contributed by atoms with E-state index in [2.05, 4.69) is 27.2 Å². The highest BCUT2D eigenvalue weighted by atomic mass is 127. The van der Waals surface area contributed by atoms with Gasteiger partial charge < -0.3 is 20.0 Å². The van der Waals surface area contributed by atoms with Gasteiger partial charge in [-0.2, -0.15) is 0 Å². The highest BCUT2D eigenvalue weighted by Crippen LogP contribution is 2.14. The normalized spacial score (nSPS) is 20.8. The number of piperazine rings is 1. The number of amides is 1. The maximum atomic E-state index is 12.6. The van der Waals surface area contributed by atoms with Gasteiger partial charge in [0.05, 0.1) is 6.42 Å². The van der Waals surface area contributed by atoms with Crippen molar-refractivity contribution < 1.29 is 4.79 Å². The first-order chi connectivity index (χ1) is 13.1. The molecular weight excluding hydrogens is 489 g/mol. The first kappa shape index (κ1) is 23.2. The Labute approximate surface area is 190 Å². The number of carbonyl (C=O) groups excluding carboxylic acids is 1. The number of aliphatic imine (C=N–C) groups is 1. The summed E-state index contributed by atoms with van der Waals surface area (Å²) in [5, 5.41) is 4.19. The maximum Gasteiger partial charge on any atom is 0.227 e. The molecule has 1 amide bonds. The van der Waals surface area contributed by atoms with Crippen LogP contribution in [0.2, 0.25) is 5.02 Å². The topological polar surface area (TPSA) is 51.2 Å². The molecule has 2 saturated heterocycles. The summed E-state index contributed by atoms with van der Waals surface area (Å²) >= 11 is 6.02. The molecule has 6 nitrogen and oxygen atoms in total. The van der Waals surface area contributed by atoms with Gasteiger partial charge in [-0.05, 0) is 44.1 Å². The number of guanidine groups is 1. The molecular formula is C20H31ClIN5O. The molecule has 0 bridgehead atoms. The minimum Gasteiger partial charge on any atom is -0.355 e. The third kappa shape index (κ3) is 6.22. The van der Waals surface area contributed by atoms with E-state index in [0.717, 1.165) is 44.2 Å². The van der Waals surface area contributed by atoms with Crippen LogP contribution >= 0.6 is 35.6 Å². The fourth-order valence-electron chi connectivity index (χ4n) is 3.88. The van der Waals surface area contributed by atoms with E-state index in [4.69, 9.17) is 11.6 Å². The zero-order chi connectivity index (χ0) is 19.2. The van der Waals surface area contributed by atoms with Crippen molar-refractivity contribution in [3.8, 4) is 0 Å². The fraction of sp³-hybridized carbons (Fsp3) is 0.600. The first-order valence-corrected chi connectivity index (χ1v) is 10.1. The Balaban J connectivity index is 0.00000280. The average Bonchev–Trinajstić information content (AvgIpc) is 3.08. The number of nitrogens with zero attached hydrogens (tertiary/aromatic N) is 4. The van der Waals surface area contributed by atoms with Crippen LogP contribution in [-0.4, -0.2) is 86.0 Å². The van der Waals surface area contributed by atoms with Gasteiger partial charge in [-0.1, -0.05) is 23.7 Å². The van der Waals surface area contributed by atoms with Crippen LogP contribution in [0.3, 0.4) is 0 Å². The second-order valence-corrected chi connectivity index (χ2v) is 7.82. The van der Waals surface area contributed by atoms with E-state index < -0.39 is 0 Å². The van der Waals surface area contributed by atoms with Crippen LogP contribution in [-0.2, 0) is 11.2 Å². The number of carbonyl (C=O) groups is 1. The standard InChI is InChI=1S/C20H30ClN5O.HI/c1-22-20(23-15-18-7-4-8-24(18)2)26-11-9-25(10-12-26)19(27)14-16-5-3-6-17(21)13-16;/h3,5-6,13,18H,4,7-12,14-15H2,1-2H3,(H,22,23);1H. The van der Waals surface area contributed by atoms with Crippen LogP contribution in [0, 0.1) is 0 Å². The predicted octanol–water partition coefficient (Wildman–Crippen LogP) is 2.31. The Bertz CT molecular complexity index is 678. The molecule has 2 heterocycles. The Morgan fingerprint density at radius 1 is 1.21 bits per heavy atom. The summed E-state index contributed by atoms with van der Waals surface area (Å²) in [5.41, 5.74) is 0.966. The smallest absolute Gasteiger partial charge is 0.227 e. The van der Waals surface area contributed by atoms with Crippen molar-refractivity contribution in [3.63, 3.8) is 0 Å². The van der Waals surface area contributed by atoms with Crippen LogP contribution in [0.25, 0.3) is 0 Å². The van der Waals surface area contributed by atoms with Gasteiger partial charge in [0, 0.05) is 50.8 Å². The van der Waals surface area contributed by atoms with Crippen molar-refractivity contribution in [1.82, 2.24) is 20.0 Å². The highest BCUT2D eigenvalue weighted by Gasteiger charge is 2.25. The van der Waals surface area contributed by atoms with E-state index in [1.807, 2.05) is 36.2 Å². The van der Waals surface area contributed by atoms with Crippen LogP contribution in [0.5, 0.6) is 0 Å². The Morgan fingerprint density at radius 3 is 2.54 bits per heavy atom. The maximum absolute atomic E-state index is 12.6. The Hall–Kier alpha value is -1.06. The van der Waals surface area contributed by atoms with Crippen LogP contribution in [0.1, 0.15) is 18.4 Å². The van der Waals surface area contributed by atoms with Crippen molar-refractivity contribution in [2.75, 3.05) is 53.4 Å². The number of nitrogens with one attached hydrogen (secondary N) is 1. The predicted molar refractivity (Wildman–Crippen MR) is 126 cm³/mol. The molecule has 0 aromatic heterocycles. The molecule has 1 atom stereocenters. The molecule has 3 rings (SSSR count). The van der Waals surface area contributed by atoms with Crippen LogP contribution < -0.4 is 5.32 Å². The number of halogens is 2. The van der Waals surface area contributed by atoms with Crippen molar-refractivity contribution in [1.29, 1.82) is 0 Å². The molecule has 0 spiro atoms. The molecule has 8 heteroatoms. The third-order valence-corrected chi connectivity index (χ3v) is 5.79. The van der Waals surface area contributed by atoms with E-state index in [0.29, 0.717) is 17.5 Å². The van der Waals surface area contributed by atoms with Crippen LogP contribution in [0.4, 0.5) is 0 Å². The summed E-state index contributed by atoms with van der Waals surface area (Å²) < 4.78 is 0. The second-order valence-electron chi connectivity index (χ2n) is 7.38. The second kappa shape index (κ2) is 11.2. The lowest BCUT2D eigenvalue weighted by atomic mass is 10.1. The van der Waals surface area contributed by atoms with Gasteiger partial charge in [0.15, 0.2) is 5.96 Å². The third-order valence-electron chi connectivity index (χ3n) is 5.56. The molecule has 2 aliphatic rings. The summed E-state index contributed by atoms with van der Waals surface area (Å²) in [5.74, 6) is 1.10. The fourth-order valence-corrected chi connectivity index (χ4v) is 4.09. The lowest BCUT2D eigenvalue weighted by molar-refractivity contribution is -0.131. The monoisotopic (exact) mass is 519 g/mol. The molecule has 156 valence electrons. The van der Waals surface area contributed by atoms with Crippen molar-refractivity contribution in [2.24, 2.45) is 4.99 Å². The molecule has 0 saturated carbocycles. The Morgan fingerprint density at radius 2 is 1.93 bits per heavy atom. The number of benzene rings is 1. The highest BCUT2D eigenvalue weighted by molar-refractivity contribution is 14.0. The molecule has 0 radical (unpaired) electrons. The zero-order valence-electron chi connectivity index (χ0n) is 16.7. The van der Waals surface area contributed by atoms with Crippen molar-refractivity contribution >= 4 is 47.4 Å². The van der Waals surface area contributed by atoms with E-state index >= 15 is 0 Å². The molecule has 0 aliphatic carbocycles. The minimum absolute atomic E-state index is 0. The summed E-state index contributed by atoms with van der Waals surface area (Å²) in [6.45, 7) is 5.17. The van der Waals surface area contributed by atoms with Crippen molar-refractivity contribution in [2.45, 2.75) is 25.3 Å². The number of hydrogen-bond acceptors (Lipinski definition) is 3. The first-order valence-electron chi connectivity index (χ1n) is 9.75. The van der Waals surface area contributed by atoms with Gasteiger partial charge in [-0.3, -0.25) is 9.79 Å². The number of likely N-dealkylation sites (N-methyl/N-ethyl adjacent to an activating group) is 1. The molecule has 1 unspecified atom stereocenters. The number of likely N-dealkylation sites (tertiary alicyclic amines) is 1. The van der Waals surface area contributed by atoms with E-state index in [-0.39, 0.29) is 29.9 Å². The van der Waals surface area contributed by atoms with Gasteiger partial charge in [0.25, 0.3) is 0 Å². The molecule has 1 N–H and O–H groups in total. The van der Waals surface area contributed by atoms with Gasteiger partial charge in [-0.25, -0.2) is 0 Å². The summed E-state index contributed by atoms with van der Waals surface area (Å²) in [6.07, 6.45) is 2.92. The van der Waals surface area contributed by atoms with E-state index in [1.54, 1.807) is 0 Å². The molecule has 2 fully saturated rings. The Kier molecular flexibility index (Phi) is 9.30. The largest absolute Gasteiger partial charge is 0.355 e. The summed E-state index contributed by atoms with van der Waals surface area (Å²) in [7, 11) is 4.02. The lowest BCUT2D eigenvalue weighted by Gasteiger charge is -2.37. The van der Waals surface area contributed by atoms with Crippen molar-refractivity contribution in [3.05, 3.63) is 34.9 Å². The minimum atomic E-state index is 0.